The van der Waals surface area contributed by atoms with Gasteiger partial charge in [0, 0.05) is 0 Å². The van der Waals surface area contributed by atoms with E-state index in [-0.39, 0.29) is 0 Å². The molecule has 0 atom stereocenters. The van der Waals surface area contributed by atoms with E-state index in [4.69, 9.17) is 9.63 Å². The van der Waals surface area contributed by atoms with E-state index < -0.39 is 13.8 Å². The van der Waals surface area contributed by atoms with E-state index in [0.29, 0.717) is 0 Å². The summed E-state index contributed by atoms with van der Waals surface area (Å²) >= 11 is -0.428. The summed E-state index contributed by atoms with van der Waals surface area (Å²) in [7, 11) is 0. The third kappa shape index (κ3) is 6.41. The van der Waals surface area contributed by atoms with Gasteiger partial charge in [0.25, 0.3) is 0 Å². The fourth-order valence-electron chi connectivity index (χ4n) is 0.458. The number of rotatable bonds is 4. The van der Waals surface area contributed by atoms with Crippen LogP contribution >= 0.6 is 0 Å². The van der Waals surface area contributed by atoms with Crippen LogP contribution in [0.25, 0.3) is 0 Å². The summed E-state index contributed by atoms with van der Waals surface area (Å²) in [6.07, 6.45) is 3.71. The average Bonchev–Trinajstić information content (AvgIpc) is 1.66. The Bertz CT molecular complexity index is 47.7. The second-order valence-electron chi connectivity index (χ2n) is 1.73. The van der Waals surface area contributed by atoms with Gasteiger partial charge in [-0.15, -0.1) is 0 Å². The summed E-state index contributed by atoms with van der Waals surface area (Å²) in [5.74, 6) is 0. The van der Waals surface area contributed by atoms with Crippen molar-refractivity contribution in [2.75, 3.05) is 0 Å². The Kier molecular flexibility index (Phi) is 5.84. The van der Waals surface area contributed by atoms with Crippen molar-refractivity contribution in [2.24, 2.45) is 9.63 Å². The first-order chi connectivity index (χ1) is 3.77. The molecule has 55 valence electrons. The monoisotopic (exact) mass is 161 g/mol. The molecular formula is C5H15N2Ni. The van der Waals surface area contributed by atoms with Crippen LogP contribution in [0.2, 0.25) is 5.39 Å². The van der Waals surface area contributed by atoms with Crippen LogP contribution in [-0.2, 0) is 13.8 Å². The predicted molar refractivity (Wildman–Crippen MR) is 32.7 cm³/mol. The Morgan fingerprint density at radius 2 is 1.88 bits per heavy atom. The van der Waals surface area contributed by atoms with Crippen molar-refractivity contribution in [3.63, 3.8) is 0 Å². The Morgan fingerprint density at radius 3 is 2.25 bits per heavy atom. The molecule has 0 bridgehead atoms. The fraction of sp³-hybridized carbons (Fsp3) is 1.00. The van der Waals surface area contributed by atoms with Gasteiger partial charge in [-0.3, -0.25) is 0 Å². The second kappa shape index (κ2) is 5.55. The molecule has 0 rings (SSSR count). The van der Waals surface area contributed by atoms with Crippen molar-refractivity contribution in [3.05, 3.63) is 0 Å². The molecule has 0 aliphatic rings. The van der Waals surface area contributed by atoms with E-state index in [1.54, 1.807) is 0 Å². The zero-order valence-electron chi connectivity index (χ0n) is 5.30. The van der Waals surface area contributed by atoms with Crippen LogP contribution in [0.1, 0.15) is 26.2 Å². The summed E-state index contributed by atoms with van der Waals surface area (Å²) in [6.45, 7) is 2.17. The molecule has 0 amide bonds. The summed E-state index contributed by atoms with van der Waals surface area (Å²) in [5, 5.41) is 1.01. The number of hydrogen-bond acceptors (Lipinski definition) is 2. The number of nitrogens with two attached hydrogens (primary N) is 2. The Labute approximate surface area is 55.7 Å². The van der Waals surface area contributed by atoms with Crippen LogP contribution in [0.15, 0.2) is 0 Å². The Hall–Kier alpha value is 0.414. The molecule has 0 aromatic carbocycles. The molecule has 8 heavy (non-hydrogen) atoms. The maximum absolute atomic E-state index is 5.35. The quantitative estimate of drug-likeness (QED) is 0.477. The molecule has 0 fully saturated rings. The van der Waals surface area contributed by atoms with Gasteiger partial charge in [-0.2, -0.15) is 0 Å². The summed E-state index contributed by atoms with van der Waals surface area (Å²) < 4.78 is 0. The minimum atomic E-state index is -0.428. The zero-order chi connectivity index (χ0) is 6.41. The van der Waals surface area contributed by atoms with Crippen molar-refractivity contribution in [3.8, 4) is 0 Å². The van der Waals surface area contributed by atoms with Gasteiger partial charge in [-0.25, -0.2) is 0 Å². The SMILES string of the molecule is CCCC[CH2][Ni]([NH2])[NH2]. The predicted octanol–water partition coefficient (Wildman–Crippen LogP) is 0.961. The molecule has 0 saturated carbocycles. The third-order valence-corrected chi connectivity index (χ3v) is 1.82. The molecule has 2 nitrogen and oxygen atoms in total. The van der Waals surface area contributed by atoms with Gasteiger partial charge < -0.3 is 0 Å². The van der Waals surface area contributed by atoms with Crippen molar-refractivity contribution < 1.29 is 13.8 Å². The molecule has 4 N–H and O–H groups in total. The normalized spacial score (nSPS) is 11.6. The van der Waals surface area contributed by atoms with Gasteiger partial charge in [0.15, 0.2) is 0 Å². The standard InChI is InChI=1S/C5H11.2H2N.Ni/c1-3-5-4-2;;;/h1,3-5H2,2H3;2*1H2;/q;2*-1;+2. The first kappa shape index (κ1) is 8.41. The van der Waals surface area contributed by atoms with Crippen LogP contribution in [0.5, 0.6) is 0 Å². The zero-order valence-corrected chi connectivity index (χ0v) is 6.29. The van der Waals surface area contributed by atoms with Crippen LogP contribution in [0.4, 0.5) is 0 Å². The van der Waals surface area contributed by atoms with E-state index >= 15 is 0 Å². The van der Waals surface area contributed by atoms with Gasteiger partial charge in [0.05, 0.1) is 0 Å². The van der Waals surface area contributed by atoms with Gasteiger partial charge in [-0.1, -0.05) is 0 Å². The van der Waals surface area contributed by atoms with Crippen molar-refractivity contribution in [1.82, 2.24) is 0 Å². The Balaban J connectivity index is 2.72. The molecule has 3 heteroatoms. The molecule has 0 spiro atoms. The molecule has 0 aromatic heterocycles. The molecular weight excluding hydrogens is 147 g/mol. The molecule has 0 saturated heterocycles. The van der Waals surface area contributed by atoms with Crippen molar-refractivity contribution >= 4 is 0 Å². The number of unbranched alkanes of at least 4 members (excludes halogenated alkanes) is 2. The number of hydrogen-bond donors (Lipinski definition) is 2. The molecule has 0 unspecified atom stereocenters. The van der Waals surface area contributed by atoms with Crippen molar-refractivity contribution in [2.45, 2.75) is 31.6 Å². The average molecular weight is 162 g/mol. The van der Waals surface area contributed by atoms with Gasteiger partial charge in [-0.05, 0) is 0 Å². The first-order valence-corrected chi connectivity index (χ1v) is 4.63. The summed E-state index contributed by atoms with van der Waals surface area (Å²) in [5.41, 5.74) is 0. The van der Waals surface area contributed by atoms with E-state index in [2.05, 4.69) is 6.92 Å². The van der Waals surface area contributed by atoms with Crippen LogP contribution < -0.4 is 9.63 Å². The van der Waals surface area contributed by atoms with E-state index in [0.717, 1.165) is 5.39 Å². The van der Waals surface area contributed by atoms with Crippen LogP contribution in [0, 0.1) is 0 Å². The summed E-state index contributed by atoms with van der Waals surface area (Å²) in [6, 6.07) is 0. The van der Waals surface area contributed by atoms with Crippen molar-refractivity contribution in [1.29, 1.82) is 0 Å². The Morgan fingerprint density at radius 1 is 1.25 bits per heavy atom. The minimum absolute atomic E-state index is 0.428. The molecule has 0 aromatic rings. The second-order valence-corrected chi connectivity index (χ2v) is 3.36. The maximum atomic E-state index is 5.35. The molecule has 0 radical (unpaired) electrons. The van der Waals surface area contributed by atoms with E-state index in [1.807, 2.05) is 0 Å². The first-order valence-electron chi connectivity index (χ1n) is 2.80. The molecule has 0 aliphatic carbocycles. The van der Waals surface area contributed by atoms with Gasteiger partial charge in [0.2, 0.25) is 0 Å². The van der Waals surface area contributed by atoms with Gasteiger partial charge in [0.1, 0.15) is 0 Å². The summed E-state index contributed by atoms with van der Waals surface area (Å²) in [4.78, 5) is 10.7. The molecule has 0 aliphatic heterocycles. The third-order valence-electron chi connectivity index (χ3n) is 0.898. The van der Waals surface area contributed by atoms with Gasteiger partial charge >= 0.3 is 55.0 Å². The molecule has 0 heterocycles. The van der Waals surface area contributed by atoms with Crippen LogP contribution in [0.3, 0.4) is 0 Å². The topological polar surface area (TPSA) is 52.0 Å². The van der Waals surface area contributed by atoms with Crippen LogP contribution in [-0.4, -0.2) is 0 Å². The fourth-order valence-corrected chi connectivity index (χ4v) is 1.11. The van der Waals surface area contributed by atoms with E-state index in [1.165, 1.54) is 19.3 Å². The van der Waals surface area contributed by atoms with E-state index in [9.17, 15) is 0 Å².